The largest absolute Gasteiger partial charge is 0.494 e. The molecule has 0 fully saturated rings. The lowest BCUT2D eigenvalue weighted by atomic mass is 10.1. The first-order valence-corrected chi connectivity index (χ1v) is 6.57. The molecule has 0 aliphatic carbocycles. The Bertz CT molecular complexity index is 587. The number of halogens is 1. The van der Waals surface area contributed by atoms with Crippen molar-refractivity contribution in [2.24, 2.45) is 0 Å². The third-order valence-corrected chi connectivity index (χ3v) is 3.19. The molecule has 19 heavy (non-hydrogen) atoms. The van der Waals surface area contributed by atoms with Crippen molar-refractivity contribution in [3.05, 3.63) is 34.9 Å². The van der Waals surface area contributed by atoms with E-state index >= 15 is 0 Å². The quantitative estimate of drug-likeness (QED) is 0.803. The van der Waals surface area contributed by atoms with Gasteiger partial charge in [0.1, 0.15) is 28.1 Å². The Morgan fingerprint density at radius 1 is 1.26 bits per heavy atom. The topological polar surface area (TPSA) is 47.9 Å². The fourth-order valence-electron chi connectivity index (χ4n) is 1.83. The van der Waals surface area contributed by atoms with Crippen LogP contribution in [0, 0.1) is 6.92 Å². The van der Waals surface area contributed by atoms with Gasteiger partial charge in [0, 0.05) is 18.2 Å². The van der Waals surface area contributed by atoms with Crippen LogP contribution in [-0.4, -0.2) is 22.1 Å². The minimum atomic E-state index is 0.473. The van der Waals surface area contributed by atoms with E-state index in [1.165, 1.54) is 0 Å². The summed E-state index contributed by atoms with van der Waals surface area (Å²) in [6.45, 7) is 3.97. The van der Waals surface area contributed by atoms with E-state index in [1.807, 2.05) is 19.1 Å². The van der Waals surface area contributed by atoms with Crippen LogP contribution in [0.4, 0.5) is 0 Å². The molecule has 0 spiro atoms. The second-order valence-corrected chi connectivity index (χ2v) is 4.57. The molecule has 0 atom stereocenters. The minimum Gasteiger partial charge on any atom is -0.494 e. The van der Waals surface area contributed by atoms with Crippen LogP contribution in [0.3, 0.4) is 0 Å². The second kappa shape index (κ2) is 5.97. The Morgan fingerprint density at radius 2 is 2.05 bits per heavy atom. The number of aromatic nitrogens is 3. The third kappa shape index (κ3) is 2.84. The van der Waals surface area contributed by atoms with E-state index in [1.54, 1.807) is 13.3 Å². The molecule has 2 aromatic rings. The molecule has 0 aliphatic heterocycles. The van der Waals surface area contributed by atoms with Crippen LogP contribution in [0.25, 0.3) is 11.4 Å². The number of nitrogens with zero attached hydrogens (tertiary/aromatic N) is 3. The summed E-state index contributed by atoms with van der Waals surface area (Å²) in [5, 5.41) is 0.473. The van der Waals surface area contributed by atoms with Crippen LogP contribution in [0.5, 0.6) is 5.75 Å². The van der Waals surface area contributed by atoms with Crippen molar-refractivity contribution in [3.63, 3.8) is 0 Å². The zero-order chi connectivity index (χ0) is 13.8. The summed E-state index contributed by atoms with van der Waals surface area (Å²) in [6.07, 6.45) is 3.48. The van der Waals surface area contributed by atoms with Crippen LogP contribution in [-0.2, 0) is 6.42 Å². The Balaban J connectivity index is 2.60. The average Bonchev–Trinajstić information content (AvgIpc) is 2.43. The maximum Gasteiger partial charge on any atom is 0.146 e. The van der Waals surface area contributed by atoms with E-state index in [-0.39, 0.29) is 0 Å². The van der Waals surface area contributed by atoms with Crippen LogP contribution in [0.2, 0.25) is 5.15 Å². The molecule has 0 unspecified atom stereocenters. The van der Waals surface area contributed by atoms with Gasteiger partial charge in [0.05, 0.1) is 7.11 Å². The number of hydrogen-bond donors (Lipinski definition) is 0. The predicted octanol–water partition coefficient (Wildman–Crippen LogP) is 3.46. The molecule has 0 aliphatic rings. The van der Waals surface area contributed by atoms with E-state index in [0.717, 1.165) is 29.9 Å². The SMILES string of the molecule is CCCc1nc(Cl)c(C)c(-c2ncccc2OC)n1. The third-order valence-electron chi connectivity index (χ3n) is 2.82. The number of aryl methyl sites for hydroxylation is 1. The predicted molar refractivity (Wildman–Crippen MR) is 75.6 cm³/mol. The smallest absolute Gasteiger partial charge is 0.146 e. The number of pyridine rings is 1. The number of hydrogen-bond acceptors (Lipinski definition) is 4. The Kier molecular flexibility index (Phi) is 4.32. The van der Waals surface area contributed by atoms with E-state index in [0.29, 0.717) is 16.6 Å². The van der Waals surface area contributed by atoms with E-state index in [9.17, 15) is 0 Å². The lowest BCUT2D eigenvalue weighted by molar-refractivity contribution is 0.414. The lowest BCUT2D eigenvalue weighted by Gasteiger charge is -2.11. The standard InChI is InChI=1S/C14H16ClN3O/c1-4-6-11-17-12(9(2)14(15)18-11)13-10(19-3)7-5-8-16-13/h5,7-8H,4,6H2,1-3H3. The molecule has 0 saturated carbocycles. The Hall–Kier alpha value is -1.68. The highest BCUT2D eigenvalue weighted by atomic mass is 35.5. The summed E-state index contributed by atoms with van der Waals surface area (Å²) in [6, 6.07) is 3.69. The summed E-state index contributed by atoms with van der Waals surface area (Å²) in [7, 11) is 1.62. The molecule has 0 saturated heterocycles. The summed E-state index contributed by atoms with van der Waals surface area (Å²) in [5.74, 6) is 1.42. The van der Waals surface area contributed by atoms with Gasteiger partial charge in [-0.05, 0) is 25.5 Å². The molecule has 100 valence electrons. The maximum absolute atomic E-state index is 6.18. The Labute approximate surface area is 117 Å². The fraction of sp³-hybridized carbons (Fsp3) is 0.357. The molecular weight excluding hydrogens is 262 g/mol. The molecule has 2 heterocycles. The van der Waals surface area contributed by atoms with Gasteiger partial charge >= 0.3 is 0 Å². The van der Waals surface area contributed by atoms with Crippen LogP contribution in [0.15, 0.2) is 18.3 Å². The molecule has 0 amide bonds. The molecule has 2 rings (SSSR count). The zero-order valence-electron chi connectivity index (χ0n) is 11.3. The van der Waals surface area contributed by atoms with Gasteiger partial charge in [0.2, 0.25) is 0 Å². The normalized spacial score (nSPS) is 10.5. The van der Waals surface area contributed by atoms with Crippen molar-refractivity contribution < 1.29 is 4.74 Å². The summed E-state index contributed by atoms with van der Waals surface area (Å²) in [5.41, 5.74) is 2.25. The van der Waals surface area contributed by atoms with Gasteiger partial charge in [-0.2, -0.15) is 0 Å². The van der Waals surface area contributed by atoms with Crippen molar-refractivity contribution in [1.29, 1.82) is 0 Å². The monoisotopic (exact) mass is 277 g/mol. The van der Waals surface area contributed by atoms with Crippen molar-refractivity contribution in [3.8, 4) is 17.1 Å². The molecule has 0 N–H and O–H groups in total. The van der Waals surface area contributed by atoms with Gasteiger partial charge in [-0.25, -0.2) is 9.97 Å². The first-order chi connectivity index (χ1) is 9.17. The van der Waals surface area contributed by atoms with Gasteiger partial charge in [0.15, 0.2) is 0 Å². The molecule has 0 aromatic carbocycles. The molecule has 2 aromatic heterocycles. The zero-order valence-corrected chi connectivity index (χ0v) is 12.0. The molecule has 5 heteroatoms. The summed E-state index contributed by atoms with van der Waals surface area (Å²) >= 11 is 6.18. The number of ether oxygens (including phenoxy) is 1. The van der Waals surface area contributed by atoms with Crippen LogP contribution in [0.1, 0.15) is 24.7 Å². The summed E-state index contributed by atoms with van der Waals surface area (Å²) < 4.78 is 5.33. The van der Waals surface area contributed by atoms with Gasteiger partial charge in [-0.15, -0.1) is 0 Å². The highest BCUT2D eigenvalue weighted by Crippen LogP contribution is 2.30. The van der Waals surface area contributed by atoms with Crippen LogP contribution < -0.4 is 4.74 Å². The maximum atomic E-state index is 6.18. The molecular formula is C14H16ClN3O. The van der Waals surface area contributed by atoms with Gasteiger partial charge in [-0.1, -0.05) is 18.5 Å². The highest BCUT2D eigenvalue weighted by molar-refractivity contribution is 6.30. The van der Waals surface area contributed by atoms with Gasteiger partial charge < -0.3 is 4.74 Å². The van der Waals surface area contributed by atoms with E-state index in [2.05, 4.69) is 21.9 Å². The molecule has 4 nitrogen and oxygen atoms in total. The summed E-state index contributed by atoms with van der Waals surface area (Å²) in [4.78, 5) is 13.2. The first-order valence-electron chi connectivity index (χ1n) is 6.19. The van der Waals surface area contributed by atoms with Crippen molar-refractivity contribution in [1.82, 2.24) is 15.0 Å². The molecule has 0 radical (unpaired) electrons. The van der Waals surface area contributed by atoms with E-state index < -0.39 is 0 Å². The van der Waals surface area contributed by atoms with Crippen molar-refractivity contribution >= 4 is 11.6 Å². The molecule has 0 bridgehead atoms. The number of rotatable bonds is 4. The second-order valence-electron chi connectivity index (χ2n) is 4.21. The van der Waals surface area contributed by atoms with Gasteiger partial charge in [0.25, 0.3) is 0 Å². The lowest BCUT2D eigenvalue weighted by Crippen LogP contribution is -2.02. The van der Waals surface area contributed by atoms with Crippen molar-refractivity contribution in [2.45, 2.75) is 26.7 Å². The van der Waals surface area contributed by atoms with E-state index in [4.69, 9.17) is 16.3 Å². The van der Waals surface area contributed by atoms with Crippen molar-refractivity contribution in [2.75, 3.05) is 7.11 Å². The average molecular weight is 278 g/mol. The Morgan fingerprint density at radius 3 is 2.74 bits per heavy atom. The number of methoxy groups -OCH3 is 1. The highest BCUT2D eigenvalue weighted by Gasteiger charge is 2.15. The first kappa shape index (κ1) is 13.7. The minimum absolute atomic E-state index is 0.473. The van der Waals surface area contributed by atoms with Gasteiger partial charge in [-0.3, -0.25) is 4.98 Å². The van der Waals surface area contributed by atoms with Crippen LogP contribution >= 0.6 is 11.6 Å². The fourth-order valence-corrected chi connectivity index (χ4v) is 2.02.